The van der Waals surface area contributed by atoms with Crippen LogP contribution in [0.5, 0.6) is 11.5 Å². The minimum Gasteiger partial charge on any atom is -0.493 e. The second-order valence-corrected chi connectivity index (χ2v) is 3.30. The molecule has 1 aromatic carbocycles. The molecule has 0 heterocycles. The second kappa shape index (κ2) is 5.58. The summed E-state index contributed by atoms with van der Waals surface area (Å²) < 4.78 is 10.4. The van der Waals surface area contributed by atoms with Crippen LogP contribution in [0.15, 0.2) is 18.2 Å². The molecule has 0 amide bonds. The van der Waals surface area contributed by atoms with Crippen LogP contribution in [0, 0.1) is 0 Å². The van der Waals surface area contributed by atoms with Gasteiger partial charge in [0.1, 0.15) is 6.61 Å². The zero-order valence-corrected chi connectivity index (χ0v) is 8.93. The van der Waals surface area contributed by atoms with Crippen molar-refractivity contribution in [1.82, 2.24) is 0 Å². The van der Waals surface area contributed by atoms with Crippen LogP contribution >= 0.6 is 0 Å². The van der Waals surface area contributed by atoms with E-state index in [2.05, 4.69) is 0 Å². The molecule has 0 aliphatic carbocycles. The van der Waals surface area contributed by atoms with Gasteiger partial charge < -0.3 is 19.7 Å². The van der Waals surface area contributed by atoms with Gasteiger partial charge in [0.2, 0.25) is 0 Å². The van der Waals surface area contributed by atoms with Gasteiger partial charge in [-0.25, -0.2) is 0 Å². The quantitative estimate of drug-likeness (QED) is 0.762. The molecule has 0 aliphatic rings. The lowest BCUT2D eigenvalue weighted by Crippen LogP contribution is -2.13. The summed E-state index contributed by atoms with van der Waals surface area (Å²) in [5.74, 6) is 1.12. The van der Waals surface area contributed by atoms with Crippen LogP contribution in [-0.4, -0.2) is 30.0 Å². The van der Waals surface area contributed by atoms with Gasteiger partial charge in [-0.3, -0.25) is 0 Å². The maximum Gasteiger partial charge on any atom is 0.161 e. The van der Waals surface area contributed by atoms with Gasteiger partial charge in [0.15, 0.2) is 11.5 Å². The van der Waals surface area contributed by atoms with Crippen LogP contribution in [0.1, 0.15) is 12.5 Å². The summed E-state index contributed by atoms with van der Waals surface area (Å²) in [5.41, 5.74) is 0.760. The number of methoxy groups -OCH3 is 1. The normalized spacial score (nSPS) is 12.3. The molecular weight excluding hydrogens is 196 g/mol. The predicted octanol–water partition coefficient (Wildman–Crippen LogP) is 0.947. The Balaban J connectivity index is 2.78. The van der Waals surface area contributed by atoms with Gasteiger partial charge in [-0.2, -0.15) is 0 Å². The van der Waals surface area contributed by atoms with Gasteiger partial charge in [-0.1, -0.05) is 6.07 Å². The average Bonchev–Trinajstić information content (AvgIpc) is 2.25. The molecule has 2 N–H and O–H groups in total. The van der Waals surface area contributed by atoms with Gasteiger partial charge in [0.05, 0.1) is 19.8 Å². The molecule has 0 saturated carbocycles. The minimum absolute atomic E-state index is 0.0347. The highest BCUT2D eigenvalue weighted by Gasteiger charge is 2.06. The van der Waals surface area contributed by atoms with Crippen molar-refractivity contribution in [3.8, 4) is 11.5 Å². The second-order valence-electron chi connectivity index (χ2n) is 3.30. The van der Waals surface area contributed by atoms with E-state index in [-0.39, 0.29) is 13.2 Å². The molecule has 0 unspecified atom stereocenters. The van der Waals surface area contributed by atoms with Crippen molar-refractivity contribution in [2.75, 3.05) is 13.7 Å². The third kappa shape index (κ3) is 3.42. The number of rotatable bonds is 5. The van der Waals surface area contributed by atoms with Gasteiger partial charge in [0.25, 0.3) is 0 Å². The number of aliphatic hydroxyl groups is 2. The first-order valence-electron chi connectivity index (χ1n) is 4.76. The lowest BCUT2D eigenvalue weighted by Gasteiger charge is -2.12. The van der Waals surface area contributed by atoms with E-state index >= 15 is 0 Å². The zero-order valence-electron chi connectivity index (χ0n) is 8.93. The number of ether oxygens (including phenoxy) is 2. The maximum absolute atomic E-state index is 9.07. The zero-order chi connectivity index (χ0) is 11.3. The molecule has 1 aromatic rings. The first-order valence-corrected chi connectivity index (χ1v) is 4.76. The third-order valence-corrected chi connectivity index (χ3v) is 1.89. The Kier molecular flexibility index (Phi) is 4.39. The Morgan fingerprint density at radius 1 is 1.33 bits per heavy atom. The molecule has 4 heteroatoms. The van der Waals surface area contributed by atoms with Gasteiger partial charge >= 0.3 is 0 Å². The van der Waals surface area contributed by atoms with Gasteiger partial charge in [-0.05, 0) is 24.6 Å². The Morgan fingerprint density at radius 2 is 2.07 bits per heavy atom. The first kappa shape index (κ1) is 11.8. The van der Waals surface area contributed by atoms with E-state index in [1.54, 1.807) is 25.1 Å². The first-order chi connectivity index (χ1) is 7.17. The maximum atomic E-state index is 9.07. The number of hydrogen-bond donors (Lipinski definition) is 2. The molecule has 0 aliphatic heterocycles. The molecule has 1 atom stereocenters. The van der Waals surface area contributed by atoms with Crippen molar-refractivity contribution in [2.45, 2.75) is 19.6 Å². The molecule has 0 aromatic heterocycles. The number of hydrogen-bond acceptors (Lipinski definition) is 4. The monoisotopic (exact) mass is 212 g/mol. The molecular formula is C11H16O4. The molecule has 0 radical (unpaired) electrons. The van der Waals surface area contributed by atoms with Crippen LogP contribution in [0.25, 0.3) is 0 Å². The minimum atomic E-state index is -0.521. The Hall–Kier alpha value is -1.26. The average molecular weight is 212 g/mol. The van der Waals surface area contributed by atoms with Crippen molar-refractivity contribution >= 4 is 0 Å². The van der Waals surface area contributed by atoms with E-state index in [9.17, 15) is 0 Å². The topological polar surface area (TPSA) is 58.9 Å². The fraction of sp³-hybridized carbons (Fsp3) is 0.455. The highest BCUT2D eigenvalue weighted by atomic mass is 16.5. The molecule has 4 nitrogen and oxygen atoms in total. The number of aliphatic hydroxyl groups excluding tert-OH is 2. The molecule has 0 bridgehead atoms. The van der Waals surface area contributed by atoms with E-state index < -0.39 is 6.10 Å². The molecule has 15 heavy (non-hydrogen) atoms. The van der Waals surface area contributed by atoms with Gasteiger partial charge in [0, 0.05) is 0 Å². The third-order valence-electron chi connectivity index (χ3n) is 1.89. The molecule has 0 spiro atoms. The summed E-state index contributed by atoms with van der Waals surface area (Å²) in [6.07, 6.45) is -0.521. The summed E-state index contributed by atoms with van der Waals surface area (Å²) in [6.45, 7) is 1.83. The Labute approximate surface area is 89.1 Å². The van der Waals surface area contributed by atoms with E-state index in [1.165, 1.54) is 7.11 Å². The fourth-order valence-corrected chi connectivity index (χ4v) is 1.14. The van der Waals surface area contributed by atoms with Crippen molar-refractivity contribution in [2.24, 2.45) is 0 Å². The van der Waals surface area contributed by atoms with Crippen LogP contribution in [0.2, 0.25) is 0 Å². The van der Waals surface area contributed by atoms with Crippen LogP contribution in [0.3, 0.4) is 0 Å². The van der Waals surface area contributed by atoms with Crippen LogP contribution in [0.4, 0.5) is 0 Å². The standard InChI is InChI=1S/C11H16O4/c1-8(13)7-15-10-4-3-9(6-12)5-11(10)14-2/h3-5,8,12-13H,6-7H2,1-2H3/t8-/m1/s1. The highest BCUT2D eigenvalue weighted by molar-refractivity contribution is 5.42. The van der Waals surface area contributed by atoms with Crippen molar-refractivity contribution in [3.63, 3.8) is 0 Å². The Bertz CT molecular complexity index is 309. The summed E-state index contributed by atoms with van der Waals surface area (Å²) in [7, 11) is 1.53. The van der Waals surface area contributed by atoms with E-state index in [0.717, 1.165) is 5.56 Å². The molecule has 0 fully saturated rings. The molecule has 84 valence electrons. The van der Waals surface area contributed by atoms with Crippen molar-refractivity contribution < 1.29 is 19.7 Å². The SMILES string of the molecule is COc1cc(CO)ccc1OC[C@@H](C)O. The molecule has 1 rings (SSSR count). The van der Waals surface area contributed by atoms with Gasteiger partial charge in [-0.15, -0.1) is 0 Å². The largest absolute Gasteiger partial charge is 0.493 e. The summed E-state index contributed by atoms with van der Waals surface area (Å²) in [4.78, 5) is 0. The molecule has 0 saturated heterocycles. The summed E-state index contributed by atoms with van der Waals surface area (Å²) >= 11 is 0. The fourth-order valence-electron chi connectivity index (χ4n) is 1.14. The lowest BCUT2D eigenvalue weighted by atomic mass is 10.2. The number of benzene rings is 1. The van der Waals surface area contributed by atoms with Crippen LogP contribution < -0.4 is 9.47 Å². The lowest BCUT2D eigenvalue weighted by molar-refractivity contribution is 0.120. The van der Waals surface area contributed by atoms with E-state index in [1.807, 2.05) is 0 Å². The summed E-state index contributed by atoms with van der Waals surface area (Å²) in [6, 6.07) is 5.17. The van der Waals surface area contributed by atoms with Crippen molar-refractivity contribution in [1.29, 1.82) is 0 Å². The Morgan fingerprint density at radius 3 is 2.60 bits per heavy atom. The van der Waals surface area contributed by atoms with E-state index in [4.69, 9.17) is 19.7 Å². The van der Waals surface area contributed by atoms with E-state index in [0.29, 0.717) is 11.5 Å². The van der Waals surface area contributed by atoms with Crippen molar-refractivity contribution in [3.05, 3.63) is 23.8 Å². The highest BCUT2D eigenvalue weighted by Crippen LogP contribution is 2.28. The summed E-state index contributed by atoms with van der Waals surface area (Å²) in [5, 5.41) is 18.0. The smallest absolute Gasteiger partial charge is 0.161 e. The predicted molar refractivity (Wildman–Crippen MR) is 56.1 cm³/mol. The van der Waals surface area contributed by atoms with Crippen LogP contribution in [-0.2, 0) is 6.61 Å².